The zero-order valence-electron chi connectivity index (χ0n) is 7.94. The smallest absolute Gasteiger partial charge is 0.0784 e. The third kappa shape index (κ3) is 6.75. The predicted octanol–water partition coefficient (Wildman–Crippen LogP) is 4.20. The Morgan fingerprint density at radius 1 is 1.18 bits per heavy atom. The molecule has 0 aromatic carbocycles. The first-order valence-corrected chi connectivity index (χ1v) is 6.44. The molecule has 0 saturated carbocycles. The number of hydrogen-bond acceptors (Lipinski definition) is 0. The molecule has 0 aliphatic heterocycles. The van der Waals surface area contributed by atoms with Gasteiger partial charge in [-0.15, -0.1) is 0 Å². The van der Waals surface area contributed by atoms with E-state index in [1.54, 1.807) is 6.66 Å². The summed E-state index contributed by atoms with van der Waals surface area (Å²) in [5.74, 6) is 0.658. The molecule has 2 heteroatoms. The van der Waals surface area contributed by atoms with Crippen LogP contribution in [0, 0.1) is 5.92 Å². The second kappa shape index (κ2) is 7.03. The molecule has 68 valence electrons. The highest BCUT2D eigenvalue weighted by Gasteiger charge is 2.10. The maximum Gasteiger partial charge on any atom is 0.0784 e. The van der Waals surface area contributed by atoms with Crippen molar-refractivity contribution >= 4 is 8.23 Å². The maximum atomic E-state index is 12.7. The Morgan fingerprint density at radius 3 is 1.91 bits per heavy atom. The van der Waals surface area contributed by atoms with Gasteiger partial charge in [0.15, 0.2) is 0 Å². The monoisotopic (exact) mass is 178 g/mol. The summed E-state index contributed by atoms with van der Waals surface area (Å²) in [6, 6.07) is 0. The highest BCUT2D eigenvalue weighted by atomic mass is 31.2. The summed E-state index contributed by atoms with van der Waals surface area (Å²) in [5, 5.41) is 0. The lowest BCUT2D eigenvalue weighted by Gasteiger charge is -2.14. The largest absolute Gasteiger partial charge is 0.227 e. The van der Waals surface area contributed by atoms with Gasteiger partial charge in [-0.1, -0.05) is 39.5 Å². The number of hydrogen-bond donors (Lipinski definition) is 0. The average Bonchev–Trinajstić information content (AvgIpc) is 1.87. The Morgan fingerprint density at radius 2 is 1.64 bits per heavy atom. The molecular weight excluding hydrogens is 158 g/mol. The van der Waals surface area contributed by atoms with Gasteiger partial charge in [-0.2, -0.15) is 0 Å². The topological polar surface area (TPSA) is 0 Å². The van der Waals surface area contributed by atoms with Gasteiger partial charge in [-0.3, -0.25) is 0 Å². The summed E-state index contributed by atoms with van der Waals surface area (Å²) >= 11 is 0. The Labute approximate surface area is 71.4 Å². The van der Waals surface area contributed by atoms with E-state index < -0.39 is 8.23 Å². The normalized spacial score (nSPS) is 13.9. The van der Waals surface area contributed by atoms with E-state index in [1.165, 1.54) is 25.7 Å². The molecule has 11 heavy (non-hydrogen) atoms. The van der Waals surface area contributed by atoms with E-state index >= 15 is 0 Å². The summed E-state index contributed by atoms with van der Waals surface area (Å²) in [7, 11) is -1.16. The third-order valence-electron chi connectivity index (χ3n) is 1.90. The molecule has 0 fully saturated rings. The van der Waals surface area contributed by atoms with Gasteiger partial charge in [0, 0.05) is 0 Å². The minimum atomic E-state index is -1.16. The van der Waals surface area contributed by atoms with Crippen LogP contribution in [-0.4, -0.2) is 12.8 Å². The van der Waals surface area contributed by atoms with Gasteiger partial charge in [-0.05, 0) is 18.7 Å². The zero-order chi connectivity index (χ0) is 8.69. The lowest BCUT2D eigenvalue weighted by Crippen LogP contribution is -2.03. The van der Waals surface area contributed by atoms with Crippen LogP contribution < -0.4 is 0 Å². The highest BCUT2D eigenvalue weighted by molar-refractivity contribution is 7.51. The Bertz CT molecular complexity index is 77.6. The van der Waals surface area contributed by atoms with Crippen LogP contribution in [0.4, 0.5) is 4.20 Å². The van der Waals surface area contributed by atoms with Crippen molar-refractivity contribution in [2.45, 2.75) is 39.5 Å². The minimum Gasteiger partial charge on any atom is -0.227 e. The summed E-state index contributed by atoms with van der Waals surface area (Å²) in [6.07, 6.45) is 5.66. The van der Waals surface area contributed by atoms with E-state index in [9.17, 15) is 4.20 Å². The van der Waals surface area contributed by atoms with E-state index in [4.69, 9.17) is 0 Å². The fourth-order valence-electron chi connectivity index (χ4n) is 1.50. The van der Waals surface area contributed by atoms with Crippen molar-refractivity contribution in [1.82, 2.24) is 0 Å². The van der Waals surface area contributed by atoms with E-state index in [0.29, 0.717) is 5.92 Å². The lowest BCUT2D eigenvalue weighted by molar-refractivity contribution is 0.482. The van der Waals surface area contributed by atoms with Gasteiger partial charge in [0.2, 0.25) is 0 Å². The molecule has 0 nitrogen and oxygen atoms in total. The number of halogens is 1. The van der Waals surface area contributed by atoms with Gasteiger partial charge in [-0.25, -0.2) is 4.20 Å². The molecule has 0 radical (unpaired) electrons. The SMILES string of the molecule is CCCC(CCC)CP(C)F. The minimum absolute atomic E-state index is 0.658. The molecule has 0 rings (SSSR count). The highest BCUT2D eigenvalue weighted by Crippen LogP contribution is 2.36. The molecule has 0 aromatic rings. The van der Waals surface area contributed by atoms with Crippen molar-refractivity contribution in [2.75, 3.05) is 12.8 Å². The Hall–Kier alpha value is 0.360. The summed E-state index contributed by atoms with van der Waals surface area (Å²) < 4.78 is 12.7. The molecule has 1 unspecified atom stereocenters. The molecule has 0 spiro atoms. The molecule has 0 saturated heterocycles. The van der Waals surface area contributed by atoms with Crippen LogP contribution in [-0.2, 0) is 0 Å². The van der Waals surface area contributed by atoms with Gasteiger partial charge in [0.1, 0.15) is 0 Å². The lowest BCUT2D eigenvalue weighted by atomic mass is 10.0. The summed E-state index contributed by atoms with van der Waals surface area (Å²) in [6.45, 7) is 6.09. The first kappa shape index (κ1) is 11.4. The summed E-state index contributed by atoms with van der Waals surface area (Å²) in [4.78, 5) is 0. The maximum absolute atomic E-state index is 12.7. The average molecular weight is 178 g/mol. The van der Waals surface area contributed by atoms with Crippen molar-refractivity contribution in [3.63, 3.8) is 0 Å². The van der Waals surface area contributed by atoms with E-state index in [1.807, 2.05) is 0 Å². The van der Waals surface area contributed by atoms with Gasteiger partial charge in [0.05, 0.1) is 8.23 Å². The predicted molar refractivity (Wildman–Crippen MR) is 52.1 cm³/mol. The molecule has 0 bridgehead atoms. The van der Waals surface area contributed by atoms with E-state index in [2.05, 4.69) is 13.8 Å². The molecule has 1 atom stereocenters. The van der Waals surface area contributed by atoms with Crippen LogP contribution in [0.2, 0.25) is 0 Å². The molecule has 0 aliphatic rings. The van der Waals surface area contributed by atoms with Gasteiger partial charge < -0.3 is 0 Å². The van der Waals surface area contributed by atoms with Gasteiger partial charge in [0.25, 0.3) is 0 Å². The standard InChI is InChI=1S/C9H20FP/c1-4-6-9(7-5-2)8-11(3)10/h9H,4-8H2,1-3H3. The Kier molecular flexibility index (Phi) is 7.26. The van der Waals surface area contributed by atoms with Crippen LogP contribution in [0.3, 0.4) is 0 Å². The van der Waals surface area contributed by atoms with Gasteiger partial charge >= 0.3 is 0 Å². The number of rotatable bonds is 6. The van der Waals surface area contributed by atoms with Crippen LogP contribution in [0.1, 0.15) is 39.5 Å². The first-order chi connectivity index (χ1) is 5.20. The molecule has 0 heterocycles. The van der Waals surface area contributed by atoms with Crippen molar-refractivity contribution in [2.24, 2.45) is 5.92 Å². The van der Waals surface area contributed by atoms with Crippen molar-refractivity contribution < 1.29 is 4.20 Å². The fraction of sp³-hybridized carbons (Fsp3) is 1.00. The summed E-state index contributed by atoms with van der Waals surface area (Å²) in [5.41, 5.74) is 0. The van der Waals surface area contributed by atoms with Crippen molar-refractivity contribution in [3.8, 4) is 0 Å². The second-order valence-electron chi connectivity index (χ2n) is 3.23. The van der Waals surface area contributed by atoms with Crippen molar-refractivity contribution in [3.05, 3.63) is 0 Å². The molecule has 0 N–H and O–H groups in total. The third-order valence-corrected chi connectivity index (χ3v) is 2.92. The van der Waals surface area contributed by atoms with E-state index in [0.717, 1.165) is 6.16 Å². The quantitative estimate of drug-likeness (QED) is 0.535. The second-order valence-corrected chi connectivity index (χ2v) is 4.81. The Balaban J connectivity index is 3.50. The molecule has 0 amide bonds. The van der Waals surface area contributed by atoms with Crippen LogP contribution >= 0.6 is 8.23 Å². The molecule has 0 aliphatic carbocycles. The molecular formula is C9H20FP. The molecule has 0 aromatic heterocycles. The zero-order valence-corrected chi connectivity index (χ0v) is 8.83. The first-order valence-electron chi connectivity index (χ1n) is 4.57. The van der Waals surface area contributed by atoms with E-state index in [-0.39, 0.29) is 0 Å². The van der Waals surface area contributed by atoms with Crippen molar-refractivity contribution in [1.29, 1.82) is 0 Å². The fourth-order valence-corrected chi connectivity index (χ4v) is 2.58. The van der Waals surface area contributed by atoms with Crippen LogP contribution in [0.25, 0.3) is 0 Å². The van der Waals surface area contributed by atoms with Crippen LogP contribution in [0.5, 0.6) is 0 Å². The van der Waals surface area contributed by atoms with Crippen LogP contribution in [0.15, 0.2) is 0 Å².